The second-order valence-electron chi connectivity index (χ2n) is 15.2. The second-order valence-corrected chi connectivity index (χ2v) is 17.0. The molecule has 0 aromatic heterocycles. The molecule has 2 aliphatic carbocycles. The molecule has 0 atom stereocenters. The Hall–Kier alpha value is -2.08. The SMILES string of the molecule is CC(C)(C)C1CCC(O)CC1.CC(C)(C)C1CCC(Oc2ccc3cc(Br)ccc3c2)CC1.Oc1ccc2cc(Br)ccc2c1. The third-order valence-corrected chi connectivity index (χ3v) is 10.7. The molecular weight excluding hydrogens is 688 g/mol. The highest BCUT2D eigenvalue weighted by atomic mass is 79.9. The van der Waals surface area contributed by atoms with Crippen molar-refractivity contribution in [1.29, 1.82) is 0 Å². The van der Waals surface area contributed by atoms with E-state index in [9.17, 15) is 10.2 Å². The number of halogens is 2. The number of benzene rings is 4. The Kier molecular flexibility index (Phi) is 12.5. The zero-order valence-electron chi connectivity index (χ0n) is 28.0. The number of phenolic OH excluding ortho intramolecular Hbond substituents is 1. The maximum absolute atomic E-state index is 9.29. The van der Waals surface area contributed by atoms with Gasteiger partial charge in [0.2, 0.25) is 0 Å². The minimum absolute atomic E-state index is 0.00593. The van der Waals surface area contributed by atoms with Gasteiger partial charge in [-0.25, -0.2) is 0 Å². The maximum atomic E-state index is 9.29. The number of ether oxygens (including phenoxy) is 1. The van der Waals surface area contributed by atoms with E-state index >= 15 is 0 Å². The van der Waals surface area contributed by atoms with Crippen molar-refractivity contribution in [3.63, 3.8) is 0 Å². The fraction of sp³-hybridized carbons (Fsp3) is 0.500. The van der Waals surface area contributed by atoms with E-state index in [2.05, 4.69) is 110 Å². The van der Waals surface area contributed by atoms with Gasteiger partial charge in [-0.2, -0.15) is 0 Å². The Labute approximate surface area is 288 Å². The largest absolute Gasteiger partial charge is 0.508 e. The van der Waals surface area contributed by atoms with Crippen molar-refractivity contribution >= 4 is 53.4 Å². The highest BCUT2D eigenvalue weighted by Crippen LogP contribution is 2.39. The molecule has 0 unspecified atom stereocenters. The molecule has 2 N–H and O–H groups in total. The van der Waals surface area contributed by atoms with Crippen LogP contribution >= 0.6 is 31.9 Å². The quantitative estimate of drug-likeness (QED) is 0.215. The van der Waals surface area contributed by atoms with E-state index in [4.69, 9.17) is 4.74 Å². The molecule has 4 aromatic rings. The lowest BCUT2D eigenvalue weighted by atomic mass is 9.72. The summed E-state index contributed by atoms with van der Waals surface area (Å²) in [5, 5.41) is 23.1. The van der Waals surface area contributed by atoms with Gasteiger partial charge in [0.15, 0.2) is 0 Å². The van der Waals surface area contributed by atoms with Gasteiger partial charge >= 0.3 is 0 Å². The van der Waals surface area contributed by atoms with Crippen molar-refractivity contribution in [3.05, 3.63) is 81.7 Å². The molecular formula is C40H52Br2O3. The van der Waals surface area contributed by atoms with Gasteiger partial charge in [0.05, 0.1) is 12.2 Å². The number of aromatic hydroxyl groups is 1. The maximum Gasteiger partial charge on any atom is 0.120 e. The monoisotopic (exact) mass is 738 g/mol. The summed E-state index contributed by atoms with van der Waals surface area (Å²) in [6.07, 6.45) is 9.77. The van der Waals surface area contributed by atoms with Gasteiger partial charge in [-0.15, -0.1) is 0 Å². The molecule has 244 valence electrons. The summed E-state index contributed by atoms with van der Waals surface area (Å²) in [6.45, 7) is 14.0. The van der Waals surface area contributed by atoms with Crippen LogP contribution in [0.15, 0.2) is 81.7 Å². The van der Waals surface area contributed by atoms with Crippen LogP contribution in [0.3, 0.4) is 0 Å². The van der Waals surface area contributed by atoms with E-state index < -0.39 is 0 Å². The van der Waals surface area contributed by atoms with Crippen LogP contribution < -0.4 is 4.74 Å². The van der Waals surface area contributed by atoms with Crippen molar-refractivity contribution in [3.8, 4) is 11.5 Å². The van der Waals surface area contributed by atoms with Crippen molar-refractivity contribution in [1.82, 2.24) is 0 Å². The van der Waals surface area contributed by atoms with Crippen LogP contribution in [0.1, 0.15) is 92.9 Å². The Morgan fingerprint density at radius 3 is 1.49 bits per heavy atom. The fourth-order valence-corrected chi connectivity index (χ4v) is 7.41. The number of hydrogen-bond donors (Lipinski definition) is 2. The van der Waals surface area contributed by atoms with Gasteiger partial charge in [0, 0.05) is 8.95 Å². The van der Waals surface area contributed by atoms with Gasteiger partial charge in [-0.05, 0) is 144 Å². The van der Waals surface area contributed by atoms with E-state index in [0.717, 1.165) is 50.1 Å². The molecule has 6 rings (SSSR count). The van der Waals surface area contributed by atoms with Gasteiger partial charge in [-0.1, -0.05) is 97.7 Å². The van der Waals surface area contributed by atoms with Gasteiger partial charge in [-0.3, -0.25) is 0 Å². The molecule has 0 saturated heterocycles. The lowest BCUT2D eigenvalue weighted by Gasteiger charge is -2.37. The molecule has 0 aliphatic heterocycles. The summed E-state index contributed by atoms with van der Waals surface area (Å²) < 4.78 is 8.42. The van der Waals surface area contributed by atoms with E-state index in [0.29, 0.717) is 22.7 Å². The minimum atomic E-state index is -0.00593. The smallest absolute Gasteiger partial charge is 0.120 e. The van der Waals surface area contributed by atoms with E-state index in [-0.39, 0.29) is 6.10 Å². The Morgan fingerprint density at radius 1 is 0.556 bits per heavy atom. The Bertz CT molecular complexity index is 1480. The zero-order valence-corrected chi connectivity index (χ0v) is 31.1. The summed E-state index contributed by atoms with van der Waals surface area (Å²) >= 11 is 6.91. The van der Waals surface area contributed by atoms with Crippen LogP contribution in [-0.2, 0) is 0 Å². The molecule has 0 heterocycles. The minimum Gasteiger partial charge on any atom is -0.508 e. The lowest BCUT2D eigenvalue weighted by molar-refractivity contribution is 0.0725. The number of aliphatic hydroxyl groups is 1. The number of aliphatic hydroxyl groups excluding tert-OH is 1. The molecule has 0 spiro atoms. The highest BCUT2D eigenvalue weighted by Gasteiger charge is 2.30. The molecule has 0 amide bonds. The summed E-state index contributed by atoms with van der Waals surface area (Å²) in [5.74, 6) is 2.98. The molecule has 5 heteroatoms. The van der Waals surface area contributed by atoms with Crippen LogP contribution in [0.2, 0.25) is 0 Å². The molecule has 2 fully saturated rings. The van der Waals surface area contributed by atoms with Gasteiger partial charge in [0.1, 0.15) is 11.5 Å². The first-order chi connectivity index (χ1) is 21.2. The Balaban J connectivity index is 0.000000169. The van der Waals surface area contributed by atoms with Gasteiger partial charge in [0.25, 0.3) is 0 Å². The summed E-state index contributed by atoms with van der Waals surface area (Å²) in [4.78, 5) is 0. The van der Waals surface area contributed by atoms with Crippen molar-refractivity contribution in [2.45, 2.75) is 105 Å². The predicted molar refractivity (Wildman–Crippen MR) is 198 cm³/mol. The number of phenols is 1. The molecule has 0 bridgehead atoms. The highest BCUT2D eigenvalue weighted by molar-refractivity contribution is 9.10. The molecule has 45 heavy (non-hydrogen) atoms. The number of fused-ring (bicyclic) bond motifs is 2. The average Bonchev–Trinajstić information content (AvgIpc) is 2.98. The van der Waals surface area contributed by atoms with E-state index in [1.54, 1.807) is 12.1 Å². The average molecular weight is 741 g/mol. The standard InChI is InChI=1S/C20H25BrO.C10H7BrO.C10H20O/c1-20(2,3)16-6-10-18(11-7-16)22-19-9-5-14-12-17(21)8-4-15(14)13-19;11-9-3-1-8-6-10(12)4-2-7(8)5-9;1-10(2,3)8-4-6-9(11)7-5-8/h4-5,8-9,12-13,16,18H,6-7,10-11H2,1-3H3;1-6,12H;8-9,11H,4-7H2,1-3H3. The first-order valence-corrected chi connectivity index (χ1v) is 18.2. The van der Waals surface area contributed by atoms with Crippen molar-refractivity contribution in [2.75, 3.05) is 0 Å². The first-order valence-electron chi connectivity index (χ1n) is 16.6. The summed E-state index contributed by atoms with van der Waals surface area (Å²) in [6, 6.07) is 24.1. The molecule has 2 saturated carbocycles. The molecule has 2 aliphatic rings. The predicted octanol–water partition coefficient (Wildman–Crippen LogP) is 12.5. The van der Waals surface area contributed by atoms with Crippen molar-refractivity contribution < 1.29 is 14.9 Å². The summed E-state index contributed by atoms with van der Waals surface area (Å²) in [5.41, 5.74) is 0.876. The van der Waals surface area contributed by atoms with E-state index in [1.165, 1.54) is 49.3 Å². The van der Waals surface area contributed by atoms with Crippen LogP contribution in [-0.4, -0.2) is 22.4 Å². The Morgan fingerprint density at radius 2 is 0.978 bits per heavy atom. The van der Waals surface area contributed by atoms with E-state index in [1.807, 2.05) is 24.3 Å². The zero-order chi connectivity index (χ0) is 32.8. The first kappa shape index (κ1) is 35.8. The molecule has 3 nitrogen and oxygen atoms in total. The number of rotatable bonds is 2. The van der Waals surface area contributed by atoms with Gasteiger partial charge < -0.3 is 14.9 Å². The summed E-state index contributed by atoms with van der Waals surface area (Å²) in [7, 11) is 0. The fourth-order valence-electron chi connectivity index (χ4n) is 6.65. The third kappa shape index (κ3) is 11.0. The lowest BCUT2D eigenvalue weighted by Crippen LogP contribution is -2.30. The molecule has 4 aromatic carbocycles. The van der Waals surface area contributed by atoms with Crippen LogP contribution in [0.5, 0.6) is 11.5 Å². The third-order valence-electron chi connectivity index (χ3n) is 9.68. The van der Waals surface area contributed by atoms with Crippen LogP contribution in [0.4, 0.5) is 0 Å². The van der Waals surface area contributed by atoms with Crippen molar-refractivity contribution in [2.24, 2.45) is 22.7 Å². The number of hydrogen-bond acceptors (Lipinski definition) is 3. The normalized spacial score (nSPS) is 22.2. The second kappa shape index (κ2) is 15.7. The van der Waals surface area contributed by atoms with Crippen LogP contribution in [0, 0.1) is 22.7 Å². The van der Waals surface area contributed by atoms with Crippen LogP contribution in [0.25, 0.3) is 21.5 Å². The molecule has 0 radical (unpaired) electrons. The topological polar surface area (TPSA) is 49.7 Å².